The molecule has 1 N–H and O–H groups in total. The van der Waals surface area contributed by atoms with Crippen LogP contribution in [0.25, 0.3) is 0 Å². The van der Waals surface area contributed by atoms with Crippen LogP contribution in [-0.2, 0) is 32.7 Å². The molecule has 7 nitrogen and oxygen atoms in total. The van der Waals surface area contributed by atoms with Crippen molar-refractivity contribution in [1.82, 2.24) is 8.61 Å². The zero-order valence-electron chi connectivity index (χ0n) is 13.7. The Hall–Kier alpha value is -1.48. The first-order valence-electron chi connectivity index (χ1n) is 7.43. The molecule has 23 heavy (non-hydrogen) atoms. The quantitative estimate of drug-likeness (QED) is 0.831. The molecule has 0 aliphatic carbocycles. The number of nitrogens with one attached hydrogen (secondary N) is 1. The summed E-state index contributed by atoms with van der Waals surface area (Å²) in [4.78, 5) is 11.7. The average molecular weight is 341 g/mol. The van der Waals surface area contributed by atoms with Gasteiger partial charge in [0.15, 0.2) is 0 Å². The van der Waals surface area contributed by atoms with Crippen LogP contribution in [0.5, 0.6) is 0 Å². The van der Waals surface area contributed by atoms with Crippen LogP contribution in [0.2, 0.25) is 0 Å². The van der Waals surface area contributed by atoms with E-state index in [1.807, 2.05) is 18.2 Å². The number of carbonyl (C=O) groups excluding carboxylic acids is 1. The smallest absolute Gasteiger partial charge is 0.281 e. The third-order valence-corrected chi connectivity index (χ3v) is 5.68. The van der Waals surface area contributed by atoms with E-state index in [9.17, 15) is 13.2 Å². The van der Waals surface area contributed by atoms with Crippen LogP contribution in [0.4, 0.5) is 5.69 Å². The molecule has 0 fully saturated rings. The van der Waals surface area contributed by atoms with E-state index in [1.165, 1.54) is 22.7 Å². The normalized spacial score (nSPS) is 15.5. The lowest BCUT2D eigenvalue weighted by atomic mass is 10.0. The van der Waals surface area contributed by atoms with E-state index in [-0.39, 0.29) is 12.3 Å². The standard InChI is InChI=1S/C15H23N3O4S/c1-17(2)23(20,21)18-8-6-12-4-5-14(10-13(12)11-18)16-15(19)7-9-22-3/h4-5,10H,6-9,11H2,1-3H3,(H,16,19). The topological polar surface area (TPSA) is 79.0 Å². The maximum atomic E-state index is 12.2. The summed E-state index contributed by atoms with van der Waals surface area (Å²) in [5, 5.41) is 2.81. The van der Waals surface area contributed by atoms with Crippen LogP contribution in [0.1, 0.15) is 17.5 Å². The fraction of sp³-hybridized carbons (Fsp3) is 0.533. The van der Waals surface area contributed by atoms with Crippen molar-refractivity contribution in [2.75, 3.05) is 39.7 Å². The number of fused-ring (bicyclic) bond motifs is 1. The first-order chi connectivity index (χ1) is 10.8. The zero-order chi connectivity index (χ0) is 17.0. The monoisotopic (exact) mass is 341 g/mol. The van der Waals surface area contributed by atoms with Crippen molar-refractivity contribution < 1.29 is 17.9 Å². The highest BCUT2D eigenvalue weighted by molar-refractivity contribution is 7.86. The Bertz CT molecular complexity index is 673. The maximum Gasteiger partial charge on any atom is 0.281 e. The number of hydrogen-bond donors (Lipinski definition) is 1. The van der Waals surface area contributed by atoms with E-state index in [0.29, 0.717) is 31.8 Å². The van der Waals surface area contributed by atoms with E-state index in [1.54, 1.807) is 7.11 Å². The zero-order valence-corrected chi connectivity index (χ0v) is 14.5. The third-order valence-electron chi connectivity index (χ3n) is 3.79. The number of benzene rings is 1. The van der Waals surface area contributed by atoms with Crippen LogP contribution >= 0.6 is 0 Å². The molecule has 128 valence electrons. The Kier molecular flexibility index (Phi) is 5.74. The van der Waals surface area contributed by atoms with Crippen molar-refractivity contribution in [3.05, 3.63) is 29.3 Å². The van der Waals surface area contributed by atoms with E-state index in [2.05, 4.69) is 5.32 Å². The number of nitrogens with zero attached hydrogens (tertiary/aromatic N) is 2. The summed E-state index contributed by atoms with van der Waals surface area (Å²) in [6.07, 6.45) is 0.953. The summed E-state index contributed by atoms with van der Waals surface area (Å²) in [6.45, 7) is 1.15. The summed E-state index contributed by atoms with van der Waals surface area (Å²) in [5.41, 5.74) is 2.71. The van der Waals surface area contributed by atoms with Gasteiger partial charge >= 0.3 is 0 Å². The Morgan fingerprint density at radius 2 is 2.09 bits per heavy atom. The molecule has 0 unspecified atom stereocenters. The Balaban J connectivity index is 2.12. The molecule has 1 aliphatic rings. The number of methoxy groups -OCH3 is 1. The maximum absolute atomic E-state index is 12.2. The molecule has 0 spiro atoms. The van der Waals surface area contributed by atoms with Crippen molar-refractivity contribution >= 4 is 21.8 Å². The largest absolute Gasteiger partial charge is 0.384 e. The molecule has 0 saturated heterocycles. The van der Waals surface area contributed by atoms with Crippen molar-refractivity contribution in [3.8, 4) is 0 Å². The number of amides is 1. The van der Waals surface area contributed by atoms with Gasteiger partial charge in [-0.05, 0) is 29.7 Å². The number of anilines is 1. The first-order valence-corrected chi connectivity index (χ1v) is 8.82. The molecule has 1 aromatic carbocycles. The lowest BCUT2D eigenvalue weighted by molar-refractivity contribution is -0.117. The van der Waals surface area contributed by atoms with Crippen LogP contribution < -0.4 is 5.32 Å². The number of hydrogen-bond acceptors (Lipinski definition) is 4. The molecule has 0 atom stereocenters. The highest BCUT2D eigenvalue weighted by Gasteiger charge is 2.28. The molecule has 8 heteroatoms. The van der Waals surface area contributed by atoms with E-state index >= 15 is 0 Å². The van der Waals surface area contributed by atoms with Gasteiger partial charge in [0.25, 0.3) is 10.2 Å². The van der Waals surface area contributed by atoms with Gasteiger partial charge in [0, 0.05) is 40.0 Å². The highest BCUT2D eigenvalue weighted by atomic mass is 32.2. The Morgan fingerprint density at radius 3 is 2.74 bits per heavy atom. The molecular formula is C15H23N3O4S. The van der Waals surface area contributed by atoms with Gasteiger partial charge in [0.05, 0.1) is 13.0 Å². The lowest BCUT2D eigenvalue weighted by Gasteiger charge is -2.30. The van der Waals surface area contributed by atoms with Crippen molar-refractivity contribution in [2.24, 2.45) is 0 Å². The second-order valence-electron chi connectivity index (χ2n) is 5.65. The molecule has 0 aromatic heterocycles. The second kappa shape index (κ2) is 7.39. The van der Waals surface area contributed by atoms with Gasteiger partial charge in [-0.25, -0.2) is 0 Å². The minimum absolute atomic E-state index is 0.125. The molecule has 0 radical (unpaired) electrons. The van der Waals surface area contributed by atoms with Crippen molar-refractivity contribution in [2.45, 2.75) is 19.4 Å². The molecule has 0 bridgehead atoms. The minimum Gasteiger partial charge on any atom is -0.384 e. The lowest BCUT2D eigenvalue weighted by Crippen LogP contribution is -2.42. The number of carbonyl (C=O) groups is 1. The van der Waals surface area contributed by atoms with E-state index < -0.39 is 10.2 Å². The second-order valence-corrected chi connectivity index (χ2v) is 7.79. The average Bonchev–Trinajstić information content (AvgIpc) is 2.52. The van der Waals surface area contributed by atoms with Gasteiger partial charge in [0.2, 0.25) is 5.91 Å². The van der Waals surface area contributed by atoms with Gasteiger partial charge in [0.1, 0.15) is 0 Å². The molecule has 2 rings (SSSR count). The SMILES string of the molecule is COCCC(=O)Nc1ccc2c(c1)CN(S(=O)(=O)N(C)C)CC2. The molecule has 1 heterocycles. The van der Waals surface area contributed by atoms with Crippen LogP contribution in [0.3, 0.4) is 0 Å². The van der Waals surface area contributed by atoms with Crippen LogP contribution in [0.15, 0.2) is 18.2 Å². The fourth-order valence-electron chi connectivity index (χ4n) is 2.46. The van der Waals surface area contributed by atoms with Crippen LogP contribution in [-0.4, -0.2) is 57.3 Å². The summed E-state index contributed by atoms with van der Waals surface area (Å²) in [6, 6.07) is 5.64. The first kappa shape index (κ1) is 17.9. The highest BCUT2D eigenvalue weighted by Crippen LogP contribution is 2.25. The Labute approximate surface area is 137 Å². The molecule has 0 saturated carbocycles. The number of rotatable bonds is 6. The summed E-state index contributed by atoms with van der Waals surface area (Å²) >= 11 is 0. The van der Waals surface area contributed by atoms with Gasteiger partial charge in [-0.3, -0.25) is 4.79 Å². The number of ether oxygens (including phenoxy) is 1. The molecule has 1 aliphatic heterocycles. The molecular weight excluding hydrogens is 318 g/mol. The summed E-state index contributed by atoms with van der Waals surface area (Å²) < 4.78 is 32.0. The van der Waals surface area contributed by atoms with Gasteiger partial charge in [-0.1, -0.05) is 6.07 Å². The minimum atomic E-state index is -3.43. The van der Waals surface area contributed by atoms with Gasteiger partial charge < -0.3 is 10.1 Å². The Morgan fingerprint density at radius 1 is 1.35 bits per heavy atom. The summed E-state index contributed by atoms with van der Waals surface area (Å²) in [7, 11) is 1.17. The predicted octanol–water partition coefficient (Wildman–Crippen LogP) is 0.826. The van der Waals surface area contributed by atoms with Crippen molar-refractivity contribution in [1.29, 1.82) is 0 Å². The van der Waals surface area contributed by atoms with E-state index in [0.717, 1.165) is 11.1 Å². The van der Waals surface area contributed by atoms with Crippen LogP contribution in [0, 0.1) is 0 Å². The molecule has 1 amide bonds. The fourth-order valence-corrected chi connectivity index (χ4v) is 3.54. The van der Waals surface area contributed by atoms with Gasteiger partial charge in [-0.15, -0.1) is 0 Å². The van der Waals surface area contributed by atoms with E-state index in [4.69, 9.17) is 4.74 Å². The van der Waals surface area contributed by atoms with Gasteiger partial charge in [-0.2, -0.15) is 17.0 Å². The van der Waals surface area contributed by atoms with Crippen molar-refractivity contribution in [3.63, 3.8) is 0 Å². The molecule has 1 aromatic rings. The summed E-state index contributed by atoms with van der Waals surface area (Å²) in [5.74, 6) is -0.125. The predicted molar refractivity (Wildman–Crippen MR) is 88.3 cm³/mol. The third kappa shape index (κ3) is 4.29.